The standard InChI is InChI=1S/C12H23O3/c1-2-14-11-12-15-10-8-6-4-3-5-7-9-13/h2-8,10-12H2,1H3. The maximum absolute atomic E-state index is 9.91. The van der Waals surface area contributed by atoms with Gasteiger partial charge in [0.1, 0.15) is 0 Å². The van der Waals surface area contributed by atoms with Crippen molar-refractivity contribution in [3.05, 3.63) is 0 Å². The van der Waals surface area contributed by atoms with E-state index < -0.39 is 0 Å². The van der Waals surface area contributed by atoms with Crippen LogP contribution < -0.4 is 0 Å². The lowest BCUT2D eigenvalue weighted by atomic mass is 10.1. The lowest BCUT2D eigenvalue weighted by Crippen LogP contribution is -2.04. The molecule has 0 heterocycles. The van der Waals surface area contributed by atoms with Crippen molar-refractivity contribution < 1.29 is 14.3 Å². The summed E-state index contributed by atoms with van der Waals surface area (Å²) in [6.45, 7) is 4.97. The Labute approximate surface area is 93.1 Å². The molecule has 0 aromatic carbocycles. The van der Waals surface area contributed by atoms with Crippen molar-refractivity contribution in [2.75, 3.05) is 26.4 Å². The molecule has 15 heavy (non-hydrogen) atoms. The molecule has 3 heteroatoms. The highest BCUT2D eigenvalue weighted by Gasteiger charge is 1.92. The van der Waals surface area contributed by atoms with E-state index in [0.29, 0.717) is 19.6 Å². The van der Waals surface area contributed by atoms with Crippen LogP contribution in [0.1, 0.15) is 45.4 Å². The minimum absolute atomic E-state index is 0.588. The maximum Gasteiger partial charge on any atom is 0.198 e. The average Bonchev–Trinajstić information content (AvgIpc) is 2.26. The van der Waals surface area contributed by atoms with Crippen molar-refractivity contribution in [1.29, 1.82) is 0 Å². The minimum Gasteiger partial charge on any atom is -0.379 e. The van der Waals surface area contributed by atoms with Gasteiger partial charge in [0.05, 0.1) is 13.2 Å². The summed E-state index contributed by atoms with van der Waals surface area (Å²) in [5.74, 6) is 0. The van der Waals surface area contributed by atoms with Gasteiger partial charge in [0.2, 0.25) is 0 Å². The molecule has 0 saturated heterocycles. The lowest BCUT2D eigenvalue weighted by Gasteiger charge is -2.04. The SMILES string of the molecule is CCOCCOCCCCCCC[C]=O. The molecule has 0 rings (SSSR count). The van der Waals surface area contributed by atoms with Gasteiger partial charge in [-0.05, 0) is 19.8 Å². The van der Waals surface area contributed by atoms with Crippen molar-refractivity contribution >= 4 is 6.29 Å². The van der Waals surface area contributed by atoms with Crippen LogP contribution >= 0.6 is 0 Å². The van der Waals surface area contributed by atoms with Crippen LogP contribution in [0, 0.1) is 0 Å². The summed E-state index contributed by atoms with van der Waals surface area (Å²) in [5, 5.41) is 0. The zero-order valence-electron chi connectivity index (χ0n) is 9.80. The van der Waals surface area contributed by atoms with Crippen LogP contribution in [0.25, 0.3) is 0 Å². The molecule has 0 saturated carbocycles. The van der Waals surface area contributed by atoms with Gasteiger partial charge in [0.15, 0.2) is 6.29 Å². The van der Waals surface area contributed by atoms with Crippen LogP contribution in [0.3, 0.4) is 0 Å². The van der Waals surface area contributed by atoms with Crippen molar-refractivity contribution in [3.8, 4) is 0 Å². The van der Waals surface area contributed by atoms with Crippen LogP contribution in [0.5, 0.6) is 0 Å². The number of unbranched alkanes of at least 4 members (excludes halogenated alkanes) is 5. The second kappa shape index (κ2) is 13.6. The Morgan fingerprint density at radius 2 is 1.53 bits per heavy atom. The molecular weight excluding hydrogens is 192 g/mol. The first kappa shape index (κ1) is 14.6. The molecule has 0 unspecified atom stereocenters. The number of rotatable bonds is 12. The Bertz CT molecular complexity index is 126. The molecule has 0 aromatic heterocycles. The van der Waals surface area contributed by atoms with Crippen LogP contribution in [0.2, 0.25) is 0 Å². The van der Waals surface area contributed by atoms with E-state index in [9.17, 15) is 4.79 Å². The summed E-state index contributed by atoms with van der Waals surface area (Å²) < 4.78 is 10.5. The van der Waals surface area contributed by atoms with Crippen molar-refractivity contribution in [1.82, 2.24) is 0 Å². The molecule has 89 valence electrons. The summed E-state index contributed by atoms with van der Waals surface area (Å²) in [6, 6.07) is 0. The quantitative estimate of drug-likeness (QED) is 0.469. The highest BCUT2D eigenvalue weighted by molar-refractivity contribution is 5.50. The van der Waals surface area contributed by atoms with Crippen LogP contribution in [-0.4, -0.2) is 32.7 Å². The zero-order valence-corrected chi connectivity index (χ0v) is 9.80. The third kappa shape index (κ3) is 13.6. The molecule has 0 spiro atoms. The first-order valence-electron chi connectivity index (χ1n) is 5.92. The Hall–Kier alpha value is -0.410. The predicted octanol–water partition coefficient (Wildman–Crippen LogP) is 2.49. The highest BCUT2D eigenvalue weighted by Crippen LogP contribution is 2.04. The van der Waals surface area contributed by atoms with Crippen molar-refractivity contribution in [2.45, 2.75) is 45.4 Å². The summed E-state index contributed by atoms with van der Waals surface area (Å²) in [5.41, 5.74) is 0. The lowest BCUT2D eigenvalue weighted by molar-refractivity contribution is 0.0512. The molecule has 0 aliphatic carbocycles. The zero-order chi connectivity index (χ0) is 11.2. The van der Waals surface area contributed by atoms with Gasteiger partial charge in [-0.1, -0.05) is 19.3 Å². The molecule has 0 aliphatic rings. The molecule has 0 aliphatic heterocycles. The van der Waals surface area contributed by atoms with Crippen LogP contribution in [0.15, 0.2) is 0 Å². The molecule has 0 N–H and O–H groups in total. The summed E-state index contributed by atoms with van der Waals surface area (Å²) in [6.07, 6.45) is 8.10. The molecular formula is C12H23O3. The van der Waals surface area contributed by atoms with E-state index in [4.69, 9.17) is 9.47 Å². The van der Waals surface area contributed by atoms with Gasteiger partial charge in [-0.15, -0.1) is 0 Å². The molecule has 0 aromatic rings. The number of carbonyl (C=O) groups excluding carboxylic acids is 1. The fourth-order valence-electron chi connectivity index (χ4n) is 1.30. The van der Waals surface area contributed by atoms with Crippen molar-refractivity contribution in [2.24, 2.45) is 0 Å². The maximum atomic E-state index is 9.91. The van der Waals surface area contributed by atoms with E-state index in [1.807, 2.05) is 13.2 Å². The predicted molar refractivity (Wildman–Crippen MR) is 60.7 cm³/mol. The molecule has 3 nitrogen and oxygen atoms in total. The topological polar surface area (TPSA) is 35.5 Å². The van der Waals surface area contributed by atoms with E-state index in [1.165, 1.54) is 12.8 Å². The minimum atomic E-state index is 0.588. The summed E-state index contributed by atoms with van der Waals surface area (Å²) >= 11 is 0. The molecule has 0 amide bonds. The Kier molecular flexibility index (Phi) is 13.2. The largest absolute Gasteiger partial charge is 0.379 e. The van der Waals surface area contributed by atoms with Crippen LogP contribution in [0.4, 0.5) is 0 Å². The molecule has 1 radical (unpaired) electrons. The van der Waals surface area contributed by atoms with Crippen molar-refractivity contribution in [3.63, 3.8) is 0 Å². The molecule has 0 fully saturated rings. The first-order valence-corrected chi connectivity index (χ1v) is 5.92. The number of ether oxygens (including phenoxy) is 2. The first-order chi connectivity index (χ1) is 7.41. The third-order valence-corrected chi connectivity index (χ3v) is 2.14. The smallest absolute Gasteiger partial charge is 0.198 e. The monoisotopic (exact) mass is 215 g/mol. The van der Waals surface area contributed by atoms with Gasteiger partial charge in [-0.2, -0.15) is 0 Å². The van der Waals surface area contributed by atoms with E-state index in [1.54, 1.807) is 0 Å². The summed E-state index contributed by atoms with van der Waals surface area (Å²) in [4.78, 5) is 9.91. The van der Waals surface area contributed by atoms with Gasteiger partial charge in [0.25, 0.3) is 0 Å². The molecule has 0 bridgehead atoms. The Morgan fingerprint density at radius 1 is 0.867 bits per heavy atom. The second-order valence-corrected chi connectivity index (χ2v) is 3.47. The van der Waals surface area contributed by atoms with E-state index in [2.05, 4.69) is 0 Å². The highest BCUT2D eigenvalue weighted by atomic mass is 16.5. The van der Waals surface area contributed by atoms with E-state index in [-0.39, 0.29) is 0 Å². The number of hydrogen-bond donors (Lipinski definition) is 0. The summed E-state index contributed by atoms with van der Waals surface area (Å²) in [7, 11) is 0. The Morgan fingerprint density at radius 3 is 2.27 bits per heavy atom. The number of hydrogen-bond acceptors (Lipinski definition) is 3. The van der Waals surface area contributed by atoms with Gasteiger partial charge in [-0.25, -0.2) is 0 Å². The third-order valence-electron chi connectivity index (χ3n) is 2.14. The normalized spacial score (nSPS) is 10.5. The fraction of sp³-hybridized carbons (Fsp3) is 0.917. The van der Waals surface area contributed by atoms with E-state index in [0.717, 1.165) is 32.5 Å². The van der Waals surface area contributed by atoms with Gasteiger partial charge >= 0.3 is 0 Å². The second-order valence-electron chi connectivity index (χ2n) is 3.47. The van der Waals surface area contributed by atoms with Crippen LogP contribution in [-0.2, 0) is 14.3 Å². The van der Waals surface area contributed by atoms with Gasteiger partial charge in [0, 0.05) is 19.6 Å². The molecule has 0 atom stereocenters. The Balaban J connectivity index is 2.83. The van der Waals surface area contributed by atoms with E-state index >= 15 is 0 Å². The fourth-order valence-corrected chi connectivity index (χ4v) is 1.30. The van der Waals surface area contributed by atoms with Gasteiger partial charge < -0.3 is 9.47 Å². The van der Waals surface area contributed by atoms with Gasteiger partial charge in [-0.3, -0.25) is 4.79 Å². The average molecular weight is 215 g/mol.